The van der Waals surface area contributed by atoms with Crippen LogP contribution in [0.2, 0.25) is 0 Å². The summed E-state index contributed by atoms with van der Waals surface area (Å²) in [5, 5.41) is 3.30. The summed E-state index contributed by atoms with van der Waals surface area (Å²) in [6.07, 6.45) is 4.95. The lowest BCUT2D eigenvalue weighted by Gasteiger charge is -2.19. The largest absolute Gasteiger partial charge is 0.444 e. The average molecular weight is 282 g/mol. The van der Waals surface area contributed by atoms with Gasteiger partial charge in [0.25, 0.3) is 0 Å². The van der Waals surface area contributed by atoms with E-state index in [1.54, 1.807) is 12.5 Å². The van der Waals surface area contributed by atoms with Crippen molar-refractivity contribution in [2.45, 2.75) is 39.0 Å². The maximum Gasteiger partial charge on any atom is 0.413 e. The van der Waals surface area contributed by atoms with Crippen LogP contribution in [-0.4, -0.2) is 38.2 Å². The highest BCUT2D eigenvalue weighted by Gasteiger charge is 2.22. The van der Waals surface area contributed by atoms with E-state index < -0.39 is 11.7 Å². The van der Waals surface area contributed by atoms with Gasteiger partial charge in [0, 0.05) is 24.7 Å². The van der Waals surface area contributed by atoms with Crippen molar-refractivity contribution in [3.05, 3.63) is 18.7 Å². The molecule has 1 aromatic rings. The Balaban J connectivity index is 1.84. The summed E-state index contributed by atoms with van der Waals surface area (Å²) < 4.78 is 7.16. The first kappa shape index (κ1) is 13.9. The first-order valence-electron chi connectivity index (χ1n) is 6.09. The quantitative estimate of drug-likeness (QED) is 0.899. The van der Waals surface area contributed by atoms with Crippen LogP contribution in [-0.2, 0) is 11.3 Å². The maximum absolute atomic E-state index is 11.6. The normalized spacial score (nSPS) is 19.1. The number of thioether (sulfide) groups is 1. The van der Waals surface area contributed by atoms with Crippen molar-refractivity contribution in [3.63, 3.8) is 0 Å². The van der Waals surface area contributed by atoms with Crippen molar-refractivity contribution in [1.29, 1.82) is 0 Å². The molecule has 0 unspecified atom stereocenters. The molecule has 1 aliphatic heterocycles. The number of ether oxygens (including phenoxy) is 1. The number of aromatic nitrogens is 2. The molecule has 0 fully saturated rings. The summed E-state index contributed by atoms with van der Waals surface area (Å²) in [7, 11) is 0. The minimum atomic E-state index is -0.496. The second kappa shape index (κ2) is 5.64. The molecule has 19 heavy (non-hydrogen) atoms. The van der Waals surface area contributed by atoms with Crippen LogP contribution >= 0.6 is 11.8 Å². The molecule has 0 aromatic carbocycles. The van der Waals surface area contributed by atoms with Crippen LogP contribution in [0.3, 0.4) is 0 Å². The third-order valence-corrected chi connectivity index (χ3v) is 3.33. The molecule has 1 N–H and O–H groups in total. The number of carbonyl (C=O) groups excluding carboxylic acids is 1. The number of alkyl carbamates (subject to hydrolysis) is 1. The Morgan fingerprint density at radius 3 is 3.05 bits per heavy atom. The van der Waals surface area contributed by atoms with Gasteiger partial charge in [0.15, 0.2) is 5.17 Å². The zero-order chi connectivity index (χ0) is 13.9. The van der Waals surface area contributed by atoms with Gasteiger partial charge in [-0.3, -0.25) is 10.3 Å². The summed E-state index contributed by atoms with van der Waals surface area (Å²) in [5.41, 5.74) is -0.496. The van der Waals surface area contributed by atoms with E-state index >= 15 is 0 Å². The molecular weight excluding hydrogens is 264 g/mol. The Bertz CT molecular complexity index is 465. The molecule has 104 valence electrons. The average Bonchev–Trinajstić information content (AvgIpc) is 2.88. The fourth-order valence-corrected chi connectivity index (χ4v) is 2.52. The van der Waals surface area contributed by atoms with E-state index in [0.29, 0.717) is 5.17 Å². The van der Waals surface area contributed by atoms with Gasteiger partial charge in [-0.05, 0) is 20.8 Å². The molecule has 0 spiro atoms. The SMILES string of the molecule is CC(C)(C)OC(=O)NC1=N[C@@H](Cn2ccnc2)CS1. The number of nitrogens with one attached hydrogen (secondary N) is 1. The molecule has 1 amide bonds. The number of hydrogen-bond acceptors (Lipinski definition) is 5. The molecule has 1 aromatic heterocycles. The molecule has 0 saturated carbocycles. The highest BCUT2D eigenvalue weighted by molar-refractivity contribution is 8.14. The van der Waals surface area contributed by atoms with E-state index in [0.717, 1.165) is 12.3 Å². The first-order chi connectivity index (χ1) is 8.92. The summed E-state index contributed by atoms with van der Waals surface area (Å²) >= 11 is 1.53. The second-order valence-electron chi connectivity index (χ2n) is 5.29. The third-order valence-electron chi connectivity index (χ3n) is 2.30. The Kier molecular flexibility index (Phi) is 4.14. The van der Waals surface area contributed by atoms with Crippen LogP contribution in [0.25, 0.3) is 0 Å². The molecular formula is C12H18N4O2S. The van der Waals surface area contributed by atoms with Crippen molar-refractivity contribution in [3.8, 4) is 0 Å². The van der Waals surface area contributed by atoms with Crippen molar-refractivity contribution >= 4 is 23.0 Å². The molecule has 0 aliphatic carbocycles. The van der Waals surface area contributed by atoms with Gasteiger partial charge in [-0.1, -0.05) is 11.8 Å². The van der Waals surface area contributed by atoms with E-state index in [1.807, 2.05) is 31.5 Å². The van der Waals surface area contributed by atoms with Gasteiger partial charge in [0.05, 0.1) is 12.4 Å². The molecule has 6 nitrogen and oxygen atoms in total. The van der Waals surface area contributed by atoms with E-state index in [-0.39, 0.29) is 6.04 Å². The smallest absolute Gasteiger partial charge is 0.413 e. The van der Waals surface area contributed by atoms with Crippen LogP contribution in [0.4, 0.5) is 4.79 Å². The minimum absolute atomic E-state index is 0.157. The van der Waals surface area contributed by atoms with Gasteiger partial charge in [0.2, 0.25) is 0 Å². The second-order valence-corrected chi connectivity index (χ2v) is 6.29. The van der Waals surface area contributed by atoms with Gasteiger partial charge >= 0.3 is 6.09 Å². The highest BCUT2D eigenvalue weighted by Crippen LogP contribution is 2.18. The van der Waals surface area contributed by atoms with Gasteiger partial charge < -0.3 is 9.30 Å². The highest BCUT2D eigenvalue weighted by atomic mass is 32.2. The Hall–Kier alpha value is -1.50. The van der Waals surface area contributed by atoms with Gasteiger partial charge in [0.1, 0.15) is 5.60 Å². The molecule has 7 heteroatoms. The number of nitrogens with zero attached hydrogens (tertiary/aromatic N) is 3. The minimum Gasteiger partial charge on any atom is -0.444 e. The van der Waals surface area contributed by atoms with Crippen molar-refractivity contribution in [2.75, 3.05) is 5.75 Å². The van der Waals surface area contributed by atoms with Crippen LogP contribution in [0.5, 0.6) is 0 Å². The molecule has 1 atom stereocenters. The monoisotopic (exact) mass is 282 g/mol. The Labute approximate surface area is 116 Å². The first-order valence-corrected chi connectivity index (χ1v) is 7.07. The predicted molar refractivity (Wildman–Crippen MR) is 75.3 cm³/mol. The number of aliphatic imine (C=N–C) groups is 1. The lowest BCUT2D eigenvalue weighted by Crippen LogP contribution is -2.34. The Morgan fingerprint density at radius 2 is 2.42 bits per heavy atom. The fraction of sp³-hybridized carbons (Fsp3) is 0.583. The fourth-order valence-electron chi connectivity index (χ4n) is 1.61. The van der Waals surface area contributed by atoms with Crippen LogP contribution < -0.4 is 5.32 Å². The predicted octanol–water partition coefficient (Wildman–Crippen LogP) is 1.88. The lowest BCUT2D eigenvalue weighted by atomic mass is 10.2. The summed E-state index contributed by atoms with van der Waals surface area (Å²) in [5.74, 6) is 0.851. The lowest BCUT2D eigenvalue weighted by molar-refractivity contribution is 0.0564. The topological polar surface area (TPSA) is 68.5 Å². The number of hydrogen-bond donors (Lipinski definition) is 1. The molecule has 2 heterocycles. The van der Waals surface area contributed by atoms with E-state index in [2.05, 4.69) is 15.3 Å². The standard InChI is InChI=1S/C12H18N4O2S/c1-12(2,3)18-11(17)15-10-14-9(7-19-10)6-16-5-4-13-8-16/h4-5,8-9H,6-7H2,1-3H3,(H,14,15,17)/t9-/m0/s1. The molecule has 0 bridgehead atoms. The number of carbonyl (C=O) groups is 1. The van der Waals surface area contributed by atoms with E-state index in [4.69, 9.17) is 4.74 Å². The number of rotatable bonds is 2. The zero-order valence-corrected chi connectivity index (χ0v) is 12.1. The number of amides is 1. The third kappa shape index (κ3) is 4.59. The summed E-state index contributed by atoms with van der Waals surface area (Å²) in [6, 6.07) is 0.157. The van der Waals surface area contributed by atoms with Crippen LogP contribution in [0.15, 0.2) is 23.7 Å². The van der Waals surface area contributed by atoms with Crippen molar-refractivity contribution in [1.82, 2.24) is 14.9 Å². The Morgan fingerprint density at radius 1 is 1.63 bits per heavy atom. The summed E-state index contributed by atoms with van der Waals surface area (Å²) in [6.45, 7) is 6.26. The maximum atomic E-state index is 11.6. The van der Waals surface area contributed by atoms with Gasteiger partial charge in [-0.2, -0.15) is 0 Å². The van der Waals surface area contributed by atoms with Crippen molar-refractivity contribution in [2.24, 2.45) is 4.99 Å². The molecule has 0 saturated heterocycles. The van der Waals surface area contributed by atoms with Gasteiger partial charge in [-0.25, -0.2) is 9.78 Å². The van der Waals surface area contributed by atoms with E-state index in [1.165, 1.54) is 11.8 Å². The summed E-state index contributed by atoms with van der Waals surface area (Å²) in [4.78, 5) is 20.0. The van der Waals surface area contributed by atoms with Crippen molar-refractivity contribution < 1.29 is 9.53 Å². The van der Waals surface area contributed by atoms with Crippen LogP contribution in [0, 0.1) is 0 Å². The van der Waals surface area contributed by atoms with E-state index in [9.17, 15) is 4.79 Å². The number of imidazole rings is 1. The van der Waals surface area contributed by atoms with Gasteiger partial charge in [-0.15, -0.1) is 0 Å². The zero-order valence-electron chi connectivity index (χ0n) is 11.3. The molecule has 0 radical (unpaired) electrons. The molecule has 1 aliphatic rings. The number of amidine groups is 1. The molecule has 2 rings (SSSR count). The van der Waals surface area contributed by atoms with Crippen LogP contribution in [0.1, 0.15) is 20.8 Å².